The molecule has 2 saturated heterocycles. The lowest BCUT2D eigenvalue weighted by Gasteiger charge is -2.48. The molecule has 0 bridgehead atoms. The summed E-state index contributed by atoms with van der Waals surface area (Å²) in [4.78, 5) is 38.2. The Hall–Kier alpha value is -3.40. The Bertz CT molecular complexity index is 1240. The molecule has 8 nitrogen and oxygen atoms in total. The van der Waals surface area contributed by atoms with Gasteiger partial charge in [-0.1, -0.05) is 11.6 Å². The number of ether oxygens (including phenoxy) is 1. The first-order valence-electron chi connectivity index (χ1n) is 11.3. The van der Waals surface area contributed by atoms with Crippen LogP contribution < -0.4 is 25.6 Å². The molecule has 5 rings (SSSR count). The zero-order valence-corrected chi connectivity index (χ0v) is 19.5. The molecule has 0 spiro atoms. The van der Waals surface area contributed by atoms with E-state index in [-0.39, 0.29) is 41.5 Å². The second-order valence-corrected chi connectivity index (χ2v) is 9.36. The maximum atomic E-state index is 15.4. The fourth-order valence-corrected chi connectivity index (χ4v) is 5.08. The van der Waals surface area contributed by atoms with Crippen LogP contribution in [0.1, 0.15) is 36.8 Å². The van der Waals surface area contributed by atoms with Crippen molar-refractivity contribution in [2.24, 2.45) is 0 Å². The molecule has 3 aliphatic rings. The zero-order chi connectivity index (χ0) is 24.9. The molecule has 2 fully saturated rings. The molecule has 184 valence electrons. The summed E-state index contributed by atoms with van der Waals surface area (Å²) in [6, 6.07) is 4.30. The fourth-order valence-electron chi connectivity index (χ4n) is 4.92. The zero-order valence-electron chi connectivity index (χ0n) is 18.8. The quantitative estimate of drug-likeness (QED) is 0.554. The molecular weight excluding hydrogens is 482 g/mol. The number of piperidine rings is 1. The third kappa shape index (κ3) is 4.27. The Kier molecular flexibility index (Phi) is 6.00. The minimum absolute atomic E-state index is 0.00746. The van der Waals surface area contributed by atoms with Crippen molar-refractivity contribution in [1.82, 2.24) is 10.6 Å². The number of nitrogens with zero attached hydrogens (tertiary/aromatic N) is 1. The van der Waals surface area contributed by atoms with Crippen molar-refractivity contribution in [2.45, 2.75) is 44.2 Å². The van der Waals surface area contributed by atoms with Gasteiger partial charge in [0, 0.05) is 47.6 Å². The molecule has 3 aliphatic heterocycles. The van der Waals surface area contributed by atoms with Crippen LogP contribution >= 0.6 is 11.6 Å². The van der Waals surface area contributed by atoms with Gasteiger partial charge in [0.05, 0.1) is 29.9 Å². The number of hydrogen-bond acceptors (Lipinski definition) is 5. The Morgan fingerprint density at radius 3 is 2.71 bits per heavy atom. The average Bonchev–Trinajstić information content (AvgIpc) is 3.28. The Labute approximate surface area is 204 Å². The number of benzene rings is 2. The summed E-state index contributed by atoms with van der Waals surface area (Å²) in [5, 5.41) is 7.78. The van der Waals surface area contributed by atoms with Crippen LogP contribution in [0.15, 0.2) is 24.3 Å². The van der Waals surface area contributed by atoms with Crippen LogP contribution in [0.4, 0.5) is 25.0 Å². The molecule has 0 aliphatic carbocycles. The highest BCUT2D eigenvalue weighted by atomic mass is 35.5. The molecular formula is C24H23ClF2N4O4. The monoisotopic (exact) mass is 504 g/mol. The van der Waals surface area contributed by atoms with Crippen molar-refractivity contribution in [1.29, 1.82) is 0 Å². The molecule has 4 amide bonds. The van der Waals surface area contributed by atoms with Crippen molar-refractivity contribution in [3.05, 3.63) is 52.0 Å². The number of hydrogen-bond donors (Lipinski definition) is 3. The highest BCUT2D eigenvalue weighted by Gasteiger charge is 2.41. The van der Waals surface area contributed by atoms with E-state index in [1.165, 1.54) is 18.2 Å². The van der Waals surface area contributed by atoms with Crippen LogP contribution in [0, 0.1) is 11.6 Å². The molecule has 0 saturated carbocycles. The Balaban J connectivity index is 1.30. The van der Waals surface area contributed by atoms with Gasteiger partial charge in [0.1, 0.15) is 17.4 Å². The molecule has 11 heteroatoms. The molecule has 3 N–H and O–H groups in total. The predicted octanol–water partition coefficient (Wildman–Crippen LogP) is 3.47. The molecule has 35 heavy (non-hydrogen) atoms. The topological polar surface area (TPSA) is 99.8 Å². The second-order valence-electron chi connectivity index (χ2n) is 8.92. The first kappa shape index (κ1) is 23.3. The maximum Gasteiger partial charge on any atom is 0.319 e. The summed E-state index contributed by atoms with van der Waals surface area (Å²) in [5.74, 6) is -2.21. The standard InChI is InChI=1S/C24H23ClF2N4O4/c1-11-18(29-24(34)28-17-4-2-12(25)8-15(17)26)10-31(11)19-9-16(27)21(13-6-7-35-22(13)19)14-3-5-20(32)30-23(14)33/h2,4,8-9,11,14,18H,3,5-7,10H2,1H3,(H2,28,29,34)(H,30,32,33)/t11-,14?,18-/m1/s1. The first-order chi connectivity index (χ1) is 16.7. The summed E-state index contributed by atoms with van der Waals surface area (Å²) >= 11 is 5.74. The largest absolute Gasteiger partial charge is 0.491 e. The lowest BCUT2D eigenvalue weighted by atomic mass is 9.85. The minimum atomic E-state index is -0.739. The van der Waals surface area contributed by atoms with Crippen LogP contribution in [0.5, 0.6) is 5.75 Å². The summed E-state index contributed by atoms with van der Waals surface area (Å²) in [7, 11) is 0. The predicted molar refractivity (Wildman–Crippen MR) is 125 cm³/mol. The average molecular weight is 505 g/mol. The van der Waals surface area contributed by atoms with E-state index in [1.54, 1.807) is 0 Å². The van der Waals surface area contributed by atoms with E-state index in [2.05, 4.69) is 16.0 Å². The molecule has 2 aromatic rings. The fraction of sp³-hybridized carbons (Fsp3) is 0.375. The number of halogens is 3. The number of urea groups is 1. The molecule has 0 aromatic heterocycles. The van der Waals surface area contributed by atoms with Gasteiger partial charge in [0.25, 0.3) is 0 Å². The first-order valence-corrected chi connectivity index (χ1v) is 11.7. The molecule has 2 aromatic carbocycles. The number of rotatable bonds is 4. The number of anilines is 2. The lowest BCUT2D eigenvalue weighted by molar-refractivity contribution is -0.134. The van der Waals surface area contributed by atoms with Crippen LogP contribution in [0.3, 0.4) is 0 Å². The van der Waals surface area contributed by atoms with Crippen LogP contribution in [0.2, 0.25) is 5.02 Å². The smallest absolute Gasteiger partial charge is 0.319 e. The van der Waals surface area contributed by atoms with Gasteiger partial charge in [-0.3, -0.25) is 14.9 Å². The maximum absolute atomic E-state index is 15.4. The molecule has 0 radical (unpaired) electrons. The third-order valence-corrected chi connectivity index (χ3v) is 7.05. The van der Waals surface area contributed by atoms with Crippen LogP contribution in [-0.2, 0) is 16.0 Å². The van der Waals surface area contributed by atoms with Crippen molar-refractivity contribution in [3.8, 4) is 5.75 Å². The van der Waals surface area contributed by atoms with E-state index < -0.39 is 29.5 Å². The van der Waals surface area contributed by atoms with Gasteiger partial charge >= 0.3 is 6.03 Å². The van der Waals surface area contributed by atoms with Crippen LogP contribution in [-0.4, -0.2) is 43.1 Å². The second kappa shape index (κ2) is 8.99. The van der Waals surface area contributed by atoms with E-state index in [4.69, 9.17) is 16.3 Å². The number of carbonyl (C=O) groups excluding carboxylic acids is 3. The van der Waals surface area contributed by atoms with E-state index in [0.717, 1.165) is 6.07 Å². The number of nitrogens with one attached hydrogen (secondary N) is 3. The summed E-state index contributed by atoms with van der Waals surface area (Å²) in [6.07, 6.45) is 0.876. The van der Waals surface area contributed by atoms with Gasteiger partial charge in [-0.25, -0.2) is 13.6 Å². The van der Waals surface area contributed by atoms with E-state index in [9.17, 15) is 18.8 Å². The van der Waals surface area contributed by atoms with Gasteiger partial charge in [-0.2, -0.15) is 0 Å². The number of amides is 4. The number of fused-ring (bicyclic) bond motifs is 1. The van der Waals surface area contributed by atoms with Gasteiger partial charge in [-0.05, 0) is 31.5 Å². The van der Waals surface area contributed by atoms with E-state index >= 15 is 4.39 Å². The SMILES string of the molecule is C[C@@H]1[C@H](NC(=O)Nc2ccc(Cl)cc2F)CN1c1cc(F)c(C2CCC(=O)NC2=O)c2c1OCC2. The van der Waals surface area contributed by atoms with Crippen LogP contribution in [0.25, 0.3) is 0 Å². The number of imide groups is 1. The molecule has 3 atom stereocenters. The lowest BCUT2D eigenvalue weighted by Crippen LogP contribution is -2.66. The van der Waals surface area contributed by atoms with E-state index in [1.807, 2.05) is 11.8 Å². The highest BCUT2D eigenvalue weighted by molar-refractivity contribution is 6.30. The summed E-state index contributed by atoms with van der Waals surface area (Å²) in [5.41, 5.74) is 1.50. The van der Waals surface area contributed by atoms with Gasteiger partial charge < -0.3 is 20.3 Å². The summed E-state index contributed by atoms with van der Waals surface area (Å²) < 4.78 is 35.1. The van der Waals surface area contributed by atoms with Crippen molar-refractivity contribution < 1.29 is 27.9 Å². The molecule has 1 unspecified atom stereocenters. The number of carbonyl (C=O) groups is 3. The Morgan fingerprint density at radius 1 is 1.20 bits per heavy atom. The van der Waals surface area contributed by atoms with Gasteiger partial charge in [0.15, 0.2) is 0 Å². The van der Waals surface area contributed by atoms with Gasteiger partial charge in [-0.15, -0.1) is 0 Å². The van der Waals surface area contributed by atoms with E-state index in [0.29, 0.717) is 42.1 Å². The van der Waals surface area contributed by atoms with Crippen molar-refractivity contribution in [3.63, 3.8) is 0 Å². The molecule has 3 heterocycles. The normalized spacial score (nSPS) is 23.2. The van der Waals surface area contributed by atoms with Crippen molar-refractivity contribution >= 4 is 40.8 Å². The third-order valence-electron chi connectivity index (χ3n) is 6.81. The Morgan fingerprint density at radius 2 is 2.00 bits per heavy atom. The summed E-state index contributed by atoms with van der Waals surface area (Å²) in [6.45, 7) is 2.64. The van der Waals surface area contributed by atoms with Crippen molar-refractivity contribution in [2.75, 3.05) is 23.4 Å². The highest BCUT2D eigenvalue weighted by Crippen LogP contribution is 2.46. The minimum Gasteiger partial charge on any atom is -0.491 e. The van der Waals surface area contributed by atoms with Gasteiger partial charge in [0.2, 0.25) is 11.8 Å².